The number of hydrogen-bond donors (Lipinski definition) is 1. The van der Waals surface area contributed by atoms with Gasteiger partial charge in [-0.2, -0.15) is 0 Å². The van der Waals surface area contributed by atoms with Crippen molar-refractivity contribution in [1.82, 2.24) is 14.3 Å². The highest BCUT2D eigenvalue weighted by molar-refractivity contribution is 7.99. The Labute approximate surface area is 158 Å². The lowest BCUT2D eigenvalue weighted by Crippen LogP contribution is -2.24. The molecule has 0 fully saturated rings. The second-order valence-corrected chi connectivity index (χ2v) is 8.87. The van der Waals surface area contributed by atoms with Gasteiger partial charge in [0, 0.05) is 23.5 Å². The van der Waals surface area contributed by atoms with Crippen molar-refractivity contribution >= 4 is 21.8 Å². The lowest BCUT2D eigenvalue weighted by atomic mass is 10.1. The molecule has 0 amide bonds. The topological polar surface area (TPSA) is 64.0 Å². The van der Waals surface area contributed by atoms with Gasteiger partial charge in [0.1, 0.15) is 0 Å². The van der Waals surface area contributed by atoms with Crippen LogP contribution in [0.25, 0.3) is 16.9 Å². The molecule has 26 heavy (non-hydrogen) atoms. The molecule has 0 atom stereocenters. The van der Waals surface area contributed by atoms with Gasteiger partial charge in [0.25, 0.3) is 0 Å². The zero-order valence-electron chi connectivity index (χ0n) is 14.7. The van der Waals surface area contributed by atoms with E-state index in [2.05, 4.69) is 57.6 Å². The molecular weight excluding hydrogens is 366 g/mol. The second kappa shape index (κ2) is 8.07. The van der Waals surface area contributed by atoms with Crippen molar-refractivity contribution in [3.05, 3.63) is 66.4 Å². The maximum Gasteiger partial charge on any atom is 0.208 e. The number of nitrogens with zero attached hydrogens (tertiary/aromatic N) is 2. The Morgan fingerprint density at radius 3 is 2.42 bits per heavy atom. The van der Waals surface area contributed by atoms with Crippen LogP contribution in [0.4, 0.5) is 0 Å². The predicted octanol–water partition coefficient (Wildman–Crippen LogP) is 3.49. The highest BCUT2D eigenvalue weighted by Gasteiger charge is 2.14. The lowest BCUT2D eigenvalue weighted by Gasteiger charge is -2.12. The number of hydrogen-bond acceptors (Lipinski definition) is 4. The van der Waals surface area contributed by atoms with Gasteiger partial charge in [-0.25, -0.2) is 18.1 Å². The molecule has 5 nitrogen and oxygen atoms in total. The number of rotatable bonds is 7. The van der Waals surface area contributed by atoms with E-state index < -0.39 is 10.0 Å². The summed E-state index contributed by atoms with van der Waals surface area (Å²) in [6, 6.07) is 18.4. The molecule has 1 N–H and O–H groups in total. The van der Waals surface area contributed by atoms with E-state index in [1.807, 2.05) is 24.4 Å². The summed E-state index contributed by atoms with van der Waals surface area (Å²) in [6.07, 6.45) is 3.03. The summed E-state index contributed by atoms with van der Waals surface area (Å²) < 4.78 is 27.0. The van der Waals surface area contributed by atoms with Crippen LogP contribution in [-0.2, 0) is 10.0 Å². The first-order chi connectivity index (χ1) is 12.4. The molecule has 0 aliphatic heterocycles. The first-order valence-electron chi connectivity index (χ1n) is 8.22. The van der Waals surface area contributed by atoms with Crippen LogP contribution >= 0.6 is 11.8 Å². The zero-order valence-corrected chi connectivity index (χ0v) is 16.3. The largest absolute Gasteiger partial charge is 0.287 e. The van der Waals surface area contributed by atoms with E-state index in [0.717, 1.165) is 22.1 Å². The molecule has 2 aromatic carbocycles. The van der Waals surface area contributed by atoms with Gasteiger partial charge in [0.2, 0.25) is 10.0 Å². The zero-order chi connectivity index (χ0) is 18.6. The highest BCUT2D eigenvalue weighted by atomic mass is 32.2. The molecule has 0 aliphatic rings. The standard InChI is InChI=1S/C19H21N3O2S2/c1-15-8-10-17(11-9-15)22-18(16-6-4-3-5-7-16)14-20-19(22)25-13-12-21-26(2,23)24/h3-11,14,21H,12-13H2,1-2H3. The predicted molar refractivity (Wildman–Crippen MR) is 107 cm³/mol. The third-order valence-electron chi connectivity index (χ3n) is 3.79. The van der Waals surface area contributed by atoms with Gasteiger partial charge in [0.15, 0.2) is 5.16 Å². The Bertz CT molecular complexity index is 966. The maximum atomic E-state index is 11.2. The van der Waals surface area contributed by atoms with Crippen LogP contribution in [0.1, 0.15) is 5.56 Å². The number of sulfonamides is 1. The van der Waals surface area contributed by atoms with Crippen molar-refractivity contribution in [2.45, 2.75) is 12.1 Å². The van der Waals surface area contributed by atoms with Crippen molar-refractivity contribution in [3.8, 4) is 16.9 Å². The van der Waals surface area contributed by atoms with Crippen LogP contribution in [0.3, 0.4) is 0 Å². The van der Waals surface area contributed by atoms with Crippen LogP contribution in [-0.4, -0.2) is 36.5 Å². The summed E-state index contributed by atoms with van der Waals surface area (Å²) in [4.78, 5) is 4.57. The molecule has 3 aromatic rings. The van der Waals surface area contributed by atoms with E-state index in [4.69, 9.17) is 0 Å². The Balaban J connectivity index is 1.92. The second-order valence-electron chi connectivity index (χ2n) is 5.98. The minimum absolute atomic E-state index is 0.366. The number of benzene rings is 2. The van der Waals surface area contributed by atoms with Crippen LogP contribution in [0.15, 0.2) is 66.0 Å². The smallest absolute Gasteiger partial charge is 0.208 e. The molecule has 0 radical (unpaired) electrons. The van der Waals surface area contributed by atoms with E-state index in [1.165, 1.54) is 23.6 Å². The van der Waals surface area contributed by atoms with Gasteiger partial charge < -0.3 is 0 Å². The van der Waals surface area contributed by atoms with Gasteiger partial charge in [-0.1, -0.05) is 59.8 Å². The molecule has 1 aromatic heterocycles. The fourth-order valence-corrected chi connectivity index (χ4v) is 4.01. The van der Waals surface area contributed by atoms with Gasteiger partial charge in [-0.3, -0.25) is 4.57 Å². The number of aromatic nitrogens is 2. The van der Waals surface area contributed by atoms with Crippen LogP contribution in [0.5, 0.6) is 0 Å². The lowest BCUT2D eigenvalue weighted by molar-refractivity contribution is 0.590. The van der Waals surface area contributed by atoms with E-state index in [0.29, 0.717) is 12.3 Å². The average Bonchev–Trinajstić information content (AvgIpc) is 3.03. The third-order valence-corrected chi connectivity index (χ3v) is 5.47. The van der Waals surface area contributed by atoms with E-state index in [1.54, 1.807) is 0 Å². The summed E-state index contributed by atoms with van der Waals surface area (Å²) in [5.74, 6) is 0.601. The molecule has 0 aliphatic carbocycles. The van der Waals surface area contributed by atoms with Gasteiger partial charge in [0.05, 0.1) is 18.1 Å². The van der Waals surface area contributed by atoms with E-state index >= 15 is 0 Å². The Morgan fingerprint density at radius 1 is 1.08 bits per heavy atom. The normalized spacial score (nSPS) is 11.6. The van der Waals surface area contributed by atoms with Crippen LogP contribution in [0.2, 0.25) is 0 Å². The minimum Gasteiger partial charge on any atom is -0.287 e. The number of imidazole rings is 1. The summed E-state index contributed by atoms with van der Waals surface area (Å²) in [5, 5.41) is 0.836. The molecule has 0 bridgehead atoms. The van der Waals surface area contributed by atoms with Crippen molar-refractivity contribution < 1.29 is 8.42 Å². The first kappa shape index (κ1) is 18.7. The first-order valence-corrected chi connectivity index (χ1v) is 11.1. The fourth-order valence-electron chi connectivity index (χ4n) is 2.56. The fraction of sp³-hybridized carbons (Fsp3) is 0.211. The SMILES string of the molecule is Cc1ccc(-n2c(-c3ccccc3)cnc2SCCNS(C)(=O)=O)cc1. The molecule has 0 saturated carbocycles. The van der Waals surface area contributed by atoms with Crippen molar-refractivity contribution in [1.29, 1.82) is 0 Å². The van der Waals surface area contributed by atoms with Crippen LogP contribution < -0.4 is 4.72 Å². The van der Waals surface area contributed by atoms with E-state index in [9.17, 15) is 8.42 Å². The highest BCUT2D eigenvalue weighted by Crippen LogP contribution is 2.29. The number of aryl methyl sites for hydroxylation is 1. The summed E-state index contributed by atoms with van der Waals surface area (Å²) in [7, 11) is -3.17. The summed E-state index contributed by atoms with van der Waals surface area (Å²) in [6.45, 7) is 2.42. The van der Waals surface area contributed by atoms with E-state index in [-0.39, 0.29) is 0 Å². The summed E-state index contributed by atoms with van der Waals surface area (Å²) >= 11 is 1.53. The number of thioether (sulfide) groups is 1. The van der Waals surface area contributed by atoms with Gasteiger partial charge in [-0.15, -0.1) is 0 Å². The molecule has 7 heteroatoms. The van der Waals surface area contributed by atoms with Gasteiger partial charge in [-0.05, 0) is 19.1 Å². The maximum absolute atomic E-state index is 11.2. The average molecular weight is 388 g/mol. The molecule has 136 valence electrons. The summed E-state index contributed by atoms with van der Waals surface area (Å²) in [5.41, 5.74) is 4.32. The molecular formula is C19H21N3O2S2. The Hall–Kier alpha value is -2.09. The quantitative estimate of drug-likeness (QED) is 0.498. The molecule has 3 rings (SSSR count). The Morgan fingerprint density at radius 2 is 1.77 bits per heavy atom. The molecule has 0 spiro atoms. The molecule has 1 heterocycles. The van der Waals surface area contributed by atoms with Gasteiger partial charge >= 0.3 is 0 Å². The Kier molecular flexibility index (Phi) is 5.80. The number of nitrogens with one attached hydrogen (secondary N) is 1. The van der Waals surface area contributed by atoms with Crippen molar-refractivity contribution in [2.75, 3.05) is 18.6 Å². The van der Waals surface area contributed by atoms with Crippen molar-refractivity contribution in [2.24, 2.45) is 0 Å². The third kappa shape index (κ3) is 4.75. The monoisotopic (exact) mass is 387 g/mol. The minimum atomic E-state index is -3.17. The van der Waals surface area contributed by atoms with Crippen molar-refractivity contribution in [3.63, 3.8) is 0 Å². The molecule has 0 saturated heterocycles. The molecule has 0 unspecified atom stereocenters. The van der Waals surface area contributed by atoms with Crippen LogP contribution in [0, 0.1) is 6.92 Å².